The quantitative estimate of drug-likeness (QED) is 0.224. The van der Waals surface area contributed by atoms with Crippen molar-refractivity contribution in [3.05, 3.63) is 0 Å². The molecule has 0 unspecified atom stereocenters. The van der Waals surface area contributed by atoms with Crippen LogP contribution in [0.3, 0.4) is 0 Å². The number of rotatable bonds is 5. The summed E-state index contributed by atoms with van der Waals surface area (Å²) in [4.78, 5) is 0. The van der Waals surface area contributed by atoms with E-state index in [0.29, 0.717) is 29.5 Å². The Labute approximate surface area is 92.7 Å². The predicted molar refractivity (Wildman–Crippen MR) is 40.4 cm³/mol. The molecule has 0 aromatic rings. The Hall–Kier alpha value is 1.22. The SMILES string of the molecule is NCCCCSS(=O)(=O)[O-].[Na+]. The molecule has 0 aromatic carbocycles. The van der Waals surface area contributed by atoms with Gasteiger partial charge in [-0.25, -0.2) is 8.42 Å². The zero-order valence-electron chi connectivity index (χ0n) is 6.45. The molecule has 0 radical (unpaired) electrons. The Balaban J connectivity index is 0. The number of hydrogen-bond acceptors (Lipinski definition) is 5. The van der Waals surface area contributed by atoms with Gasteiger partial charge in [0.05, 0.1) is 0 Å². The molecule has 0 heterocycles. The van der Waals surface area contributed by atoms with Crippen molar-refractivity contribution in [1.82, 2.24) is 0 Å². The molecule has 4 nitrogen and oxygen atoms in total. The fourth-order valence-electron chi connectivity index (χ4n) is 0.407. The van der Waals surface area contributed by atoms with Crippen molar-refractivity contribution >= 4 is 19.9 Å². The predicted octanol–water partition coefficient (Wildman–Crippen LogP) is -3.08. The van der Waals surface area contributed by atoms with Crippen molar-refractivity contribution in [2.75, 3.05) is 12.3 Å². The van der Waals surface area contributed by atoms with Gasteiger partial charge in [0.1, 0.15) is 9.15 Å². The number of nitrogens with two attached hydrogens (primary N) is 1. The number of unbranched alkanes of at least 4 members (excludes halogenated alkanes) is 1. The van der Waals surface area contributed by atoms with Gasteiger partial charge in [-0.15, -0.1) is 0 Å². The molecule has 7 heteroatoms. The van der Waals surface area contributed by atoms with E-state index in [1.807, 2.05) is 0 Å². The molecule has 0 rings (SSSR count). The Morgan fingerprint density at radius 3 is 2.27 bits per heavy atom. The normalized spacial score (nSPS) is 10.7. The third-order valence-corrected chi connectivity index (χ3v) is 2.94. The molecule has 62 valence electrons. The summed E-state index contributed by atoms with van der Waals surface area (Å²) in [5.41, 5.74) is 5.14. The summed E-state index contributed by atoms with van der Waals surface area (Å²) in [6.45, 7) is 0.541. The van der Waals surface area contributed by atoms with E-state index in [9.17, 15) is 13.0 Å². The summed E-state index contributed by atoms with van der Waals surface area (Å²) in [5.74, 6) is 0.350. The minimum atomic E-state index is -4.08. The third-order valence-electron chi connectivity index (χ3n) is 0.826. The van der Waals surface area contributed by atoms with Crippen LogP contribution in [0.25, 0.3) is 0 Å². The molecule has 0 atom stereocenters. The molecule has 0 aromatic heterocycles. The first-order valence-corrected chi connectivity index (χ1v) is 5.77. The topological polar surface area (TPSA) is 83.2 Å². The second-order valence-electron chi connectivity index (χ2n) is 1.73. The van der Waals surface area contributed by atoms with Gasteiger partial charge < -0.3 is 10.3 Å². The Morgan fingerprint density at radius 2 is 1.91 bits per heavy atom. The molecule has 0 amide bonds. The summed E-state index contributed by atoms with van der Waals surface area (Å²) in [6.07, 6.45) is 1.45. The van der Waals surface area contributed by atoms with Crippen molar-refractivity contribution < 1.29 is 42.5 Å². The van der Waals surface area contributed by atoms with E-state index in [0.717, 1.165) is 6.42 Å². The van der Waals surface area contributed by atoms with Crippen molar-refractivity contribution in [3.63, 3.8) is 0 Å². The third kappa shape index (κ3) is 14.1. The minimum Gasteiger partial charge on any atom is -0.739 e. The van der Waals surface area contributed by atoms with Crippen LogP contribution < -0.4 is 35.3 Å². The molecule has 0 aliphatic heterocycles. The van der Waals surface area contributed by atoms with Crippen molar-refractivity contribution in [1.29, 1.82) is 0 Å². The van der Waals surface area contributed by atoms with Gasteiger partial charge in [0.15, 0.2) is 0 Å². The monoisotopic (exact) mass is 207 g/mol. The molecular formula is C4H10NNaO3S2. The summed E-state index contributed by atoms with van der Waals surface area (Å²) in [7, 11) is -3.64. The van der Waals surface area contributed by atoms with Crippen LogP contribution in [0.15, 0.2) is 0 Å². The average Bonchev–Trinajstić information content (AvgIpc) is 1.78. The summed E-state index contributed by atoms with van der Waals surface area (Å²) in [5, 5.41) is 0. The molecule has 0 bridgehead atoms. The van der Waals surface area contributed by atoms with Crippen LogP contribution >= 0.6 is 10.8 Å². The van der Waals surface area contributed by atoms with Gasteiger partial charge >= 0.3 is 29.6 Å². The Kier molecular flexibility index (Phi) is 10.5. The molecule has 2 N–H and O–H groups in total. The van der Waals surface area contributed by atoms with Crippen LogP contribution in [0.1, 0.15) is 12.8 Å². The molecule has 0 aliphatic rings. The second kappa shape index (κ2) is 7.85. The maximum absolute atomic E-state index is 9.97. The van der Waals surface area contributed by atoms with Gasteiger partial charge in [-0.1, -0.05) is 0 Å². The van der Waals surface area contributed by atoms with Crippen molar-refractivity contribution in [2.24, 2.45) is 5.73 Å². The molecule has 0 saturated heterocycles. The fraction of sp³-hybridized carbons (Fsp3) is 1.00. The summed E-state index contributed by atoms with van der Waals surface area (Å²) in [6, 6.07) is 0. The standard InChI is InChI=1S/C4H11NO3S2.Na/c5-3-1-2-4-9-10(6,7)8;/h1-5H2,(H,6,7,8);/q;+1/p-1. The van der Waals surface area contributed by atoms with Crippen LogP contribution in [-0.2, 0) is 9.15 Å². The van der Waals surface area contributed by atoms with Crippen LogP contribution in [-0.4, -0.2) is 25.3 Å². The first-order valence-electron chi connectivity index (χ1n) is 2.86. The molecule has 0 spiro atoms. The molecule has 0 aliphatic carbocycles. The van der Waals surface area contributed by atoms with E-state index in [1.165, 1.54) is 0 Å². The maximum Gasteiger partial charge on any atom is 1.00 e. The van der Waals surface area contributed by atoms with E-state index in [-0.39, 0.29) is 29.6 Å². The number of hydrogen-bond donors (Lipinski definition) is 1. The van der Waals surface area contributed by atoms with Gasteiger partial charge in [-0.2, -0.15) is 0 Å². The average molecular weight is 207 g/mol. The van der Waals surface area contributed by atoms with E-state index in [4.69, 9.17) is 5.73 Å². The van der Waals surface area contributed by atoms with Crippen molar-refractivity contribution in [2.45, 2.75) is 12.8 Å². The zero-order chi connectivity index (χ0) is 8.04. The minimum absolute atomic E-state index is 0. The maximum atomic E-state index is 9.97. The Morgan fingerprint density at radius 1 is 1.36 bits per heavy atom. The van der Waals surface area contributed by atoms with E-state index >= 15 is 0 Å². The first kappa shape index (κ1) is 14.7. The van der Waals surface area contributed by atoms with E-state index in [2.05, 4.69) is 0 Å². The van der Waals surface area contributed by atoms with Gasteiger partial charge in [0.25, 0.3) is 0 Å². The van der Waals surface area contributed by atoms with Crippen LogP contribution in [0.4, 0.5) is 0 Å². The van der Waals surface area contributed by atoms with Gasteiger partial charge in [-0.05, 0) is 30.2 Å². The fourth-order valence-corrected chi connectivity index (χ4v) is 1.90. The smallest absolute Gasteiger partial charge is 0.739 e. The Bertz CT molecular complexity index is 170. The summed E-state index contributed by atoms with van der Waals surface area (Å²) >= 11 is 0. The largest absolute Gasteiger partial charge is 1.00 e. The van der Waals surface area contributed by atoms with Crippen LogP contribution in [0, 0.1) is 0 Å². The molecular weight excluding hydrogens is 197 g/mol. The van der Waals surface area contributed by atoms with E-state index in [1.54, 1.807) is 0 Å². The van der Waals surface area contributed by atoms with E-state index < -0.39 is 9.15 Å². The van der Waals surface area contributed by atoms with Crippen molar-refractivity contribution in [3.8, 4) is 0 Å². The van der Waals surface area contributed by atoms with Gasteiger partial charge in [-0.3, -0.25) is 0 Å². The second-order valence-corrected chi connectivity index (χ2v) is 5.12. The molecule has 0 saturated carbocycles. The first-order chi connectivity index (χ1) is 4.56. The van der Waals surface area contributed by atoms with Gasteiger partial charge in [0, 0.05) is 5.75 Å². The zero-order valence-corrected chi connectivity index (χ0v) is 10.1. The van der Waals surface area contributed by atoms with Gasteiger partial charge in [0.2, 0.25) is 0 Å². The van der Waals surface area contributed by atoms with Crippen LogP contribution in [0.5, 0.6) is 0 Å². The van der Waals surface area contributed by atoms with Crippen LogP contribution in [0.2, 0.25) is 0 Å². The summed E-state index contributed by atoms with van der Waals surface area (Å²) < 4.78 is 29.9. The molecule has 0 fully saturated rings. The molecule has 11 heavy (non-hydrogen) atoms.